The van der Waals surface area contributed by atoms with Crippen LogP contribution in [0.4, 0.5) is 0 Å². The summed E-state index contributed by atoms with van der Waals surface area (Å²) in [5.41, 5.74) is 5.56. The van der Waals surface area contributed by atoms with Crippen LogP contribution in [0.5, 0.6) is 0 Å². The number of hydrogen-bond acceptors (Lipinski definition) is 2. The Labute approximate surface area is 176 Å². The van der Waals surface area contributed by atoms with Gasteiger partial charge in [-0.2, -0.15) is 0 Å². The number of halogens is 1. The van der Waals surface area contributed by atoms with Crippen molar-refractivity contribution in [3.05, 3.63) is 0 Å². The first-order valence-electron chi connectivity index (χ1n) is 11.5. The van der Waals surface area contributed by atoms with Gasteiger partial charge in [-0.25, -0.2) is 0 Å². The van der Waals surface area contributed by atoms with Crippen molar-refractivity contribution in [1.29, 1.82) is 0 Å². The lowest BCUT2D eigenvalue weighted by atomic mass is 9.95. The van der Waals surface area contributed by atoms with Crippen molar-refractivity contribution in [2.75, 3.05) is 20.6 Å². The van der Waals surface area contributed by atoms with Gasteiger partial charge in [-0.1, -0.05) is 96.8 Å². The second kappa shape index (κ2) is 22.0. The molecule has 0 radical (unpaired) electrons. The molecule has 4 heteroatoms. The third-order valence-corrected chi connectivity index (χ3v) is 5.47. The molecule has 0 fully saturated rings. The zero-order valence-electron chi connectivity index (χ0n) is 18.6. The highest BCUT2D eigenvalue weighted by Gasteiger charge is 2.14. The van der Waals surface area contributed by atoms with Gasteiger partial charge in [0.05, 0.1) is 0 Å². The Morgan fingerprint density at radius 2 is 1.07 bits per heavy atom. The summed E-state index contributed by atoms with van der Waals surface area (Å²) in [6.07, 6.45) is 22.3. The summed E-state index contributed by atoms with van der Waals surface area (Å²) in [4.78, 5) is 13.7. The number of rotatable bonds is 20. The summed E-state index contributed by atoms with van der Waals surface area (Å²) >= 11 is 0. The molecule has 1 unspecified atom stereocenters. The highest BCUT2D eigenvalue weighted by molar-refractivity contribution is 5.85. The van der Waals surface area contributed by atoms with Crippen molar-refractivity contribution in [3.8, 4) is 0 Å². The minimum Gasteiger partial charge on any atom is -0.369 e. The molecule has 0 heterocycles. The second-order valence-electron chi connectivity index (χ2n) is 8.43. The molecular weight excluding hydrogens is 356 g/mol. The van der Waals surface area contributed by atoms with Gasteiger partial charge < -0.3 is 10.6 Å². The summed E-state index contributed by atoms with van der Waals surface area (Å²) in [5, 5.41) is 0. The molecule has 3 nitrogen and oxygen atoms in total. The van der Waals surface area contributed by atoms with Crippen molar-refractivity contribution in [2.24, 2.45) is 11.7 Å². The maximum atomic E-state index is 11.5. The van der Waals surface area contributed by atoms with Gasteiger partial charge in [0.25, 0.3) is 0 Å². The fourth-order valence-electron chi connectivity index (χ4n) is 3.67. The summed E-state index contributed by atoms with van der Waals surface area (Å²) in [6, 6.07) is 0. The summed E-state index contributed by atoms with van der Waals surface area (Å²) in [5.74, 6) is -0.00859. The van der Waals surface area contributed by atoms with Crippen molar-refractivity contribution >= 4 is 18.3 Å². The van der Waals surface area contributed by atoms with Gasteiger partial charge in [0, 0.05) is 5.92 Å². The molecule has 0 bridgehead atoms. The Kier molecular flexibility index (Phi) is 23.6. The number of nitrogens with zero attached hydrogens (tertiary/aromatic N) is 1. The summed E-state index contributed by atoms with van der Waals surface area (Å²) < 4.78 is 0. The molecule has 0 aromatic carbocycles. The highest BCUT2D eigenvalue weighted by atomic mass is 35.5. The molecule has 0 saturated carbocycles. The van der Waals surface area contributed by atoms with Gasteiger partial charge in [-0.3, -0.25) is 4.79 Å². The SMILES string of the molecule is CCCCCCCCCCCCCCCCC(CCCN(C)C)C(N)=O.Cl. The molecule has 0 aromatic heterocycles. The predicted octanol–water partition coefficient (Wildman–Crippen LogP) is 6.72. The molecule has 0 rings (SSSR count). The fraction of sp³-hybridized carbons (Fsp3) is 0.957. The predicted molar refractivity (Wildman–Crippen MR) is 123 cm³/mol. The van der Waals surface area contributed by atoms with Crippen molar-refractivity contribution in [3.63, 3.8) is 0 Å². The Morgan fingerprint density at radius 1 is 0.704 bits per heavy atom. The zero-order valence-corrected chi connectivity index (χ0v) is 19.5. The van der Waals surface area contributed by atoms with Crippen LogP contribution in [0.15, 0.2) is 0 Å². The molecule has 0 aliphatic heterocycles. The molecule has 164 valence electrons. The van der Waals surface area contributed by atoms with E-state index in [9.17, 15) is 4.79 Å². The lowest BCUT2D eigenvalue weighted by molar-refractivity contribution is -0.122. The molecule has 0 aliphatic rings. The number of hydrogen-bond donors (Lipinski definition) is 1. The van der Waals surface area contributed by atoms with Crippen LogP contribution in [0, 0.1) is 5.92 Å². The number of nitrogens with two attached hydrogens (primary N) is 1. The van der Waals surface area contributed by atoms with Crippen LogP contribution in [0.1, 0.15) is 116 Å². The Hall–Kier alpha value is -0.280. The van der Waals surface area contributed by atoms with E-state index in [1.54, 1.807) is 0 Å². The minimum atomic E-state index is -0.0987. The lowest BCUT2D eigenvalue weighted by Gasteiger charge is -2.15. The number of carbonyl (C=O) groups is 1. The third kappa shape index (κ3) is 21.9. The van der Waals surface area contributed by atoms with E-state index < -0.39 is 0 Å². The first-order chi connectivity index (χ1) is 12.6. The smallest absolute Gasteiger partial charge is 0.220 e. The van der Waals surface area contributed by atoms with Crippen LogP contribution in [-0.2, 0) is 4.79 Å². The van der Waals surface area contributed by atoms with Crippen LogP contribution in [-0.4, -0.2) is 31.4 Å². The molecule has 27 heavy (non-hydrogen) atoms. The van der Waals surface area contributed by atoms with E-state index >= 15 is 0 Å². The number of amides is 1. The molecule has 1 amide bonds. The van der Waals surface area contributed by atoms with Crippen molar-refractivity contribution in [1.82, 2.24) is 4.90 Å². The largest absolute Gasteiger partial charge is 0.369 e. The van der Waals surface area contributed by atoms with E-state index in [4.69, 9.17) is 5.73 Å². The standard InChI is InChI=1S/C23H48N2O.ClH/c1-4-5-6-7-8-9-10-11-12-13-14-15-16-17-19-22(23(24)26)20-18-21-25(2)3;/h22H,4-21H2,1-3H3,(H2,24,26);1H. The Morgan fingerprint density at radius 3 is 1.44 bits per heavy atom. The van der Waals surface area contributed by atoms with Crippen LogP contribution >= 0.6 is 12.4 Å². The first kappa shape index (κ1) is 28.9. The van der Waals surface area contributed by atoms with Crippen molar-refractivity contribution in [2.45, 2.75) is 116 Å². The van der Waals surface area contributed by atoms with Crippen molar-refractivity contribution < 1.29 is 4.79 Å². The molecule has 1 atom stereocenters. The van der Waals surface area contributed by atoms with Gasteiger partial charge in [-0.15, -0.1) is 12.4 Å². The Bertz CT molecular complexity index is 311. The van der Waals surface area contributed by atoms with Crippen LogP contribution in [0.2, 0.25) is 0 Å². The van der Waals surface area contributed by atoms with E-state index in [2.05, 4.69) is 25.9 Å². The number of primary amides is 1. The average molecular weight is 405 g/mol. The zero-order chi connectivity index (χ0) is 19.5. The molecule has 2 N–H and O–H groups in total. The first-order valence-corrected chi connectivity index (χ1v) is 11.5. The van der Waals surface area contributed by atoms with Crippen LogP contribution in [0.3, 0.4) is 0 Å². The van der Waals surface area contributed by atoms with E-state index in [1.165, 1.54) is 83.5 Å². The van der Waals surface area contributed by atoms with E-state index in [0.29, 0.717) is 0 Å². The molecule has 0 saturated heterocycles. The van der Waals surface area contributed by atoms with Gasteiger partial charge in [0.15, 0.2) is 0 Å². The fourth-order valence-corrected chi connectivity index (χ4v) is 3.67. The summed E-state index contributed by atoms with van der Waals surface area (Å²) in [6.45, 7) is 3.32. The normalized spacial score (nSPS) is 12.1. The highest BCUT2D eigenvalue weighted by Crippen LogP contribution is 2.17. The topological polar surface area (TPSA) is 46.3 Å². The maximum absolute atomic E-state index is 11.5. The lowest BCUT2D eigenvalue weighted by Crippen LogP contribution is -2.24. The monoisotopic (exact) mass is 404 g/mol. The van der Waals surface area contributed by atoms with E-state index in [1.807, 2.05) is 0 Å². The number of unbranched alkanes of at least 4 members (excludes halogenated alkanes) is 13. The molecular formula is C23H49ClN2O. The van der Waals surface area contributed by atoms with Crippen LogP contribution < -0.4 is 5.73 Å². The molecule has 0 aromatic rings. The van der Waals surface area contributed by atoms with Gasteiger partial charge >= 0.3 is 0 Å². The van der Waals surface area contributed by atoms with E-state index in [0.717, 1.165) is 32.2 Å². The van der Waals surface area contributed by atoms with E-state index in [-0.39, 0.29) is 24.2 Å². The number of carbonyl (C=O) groups excluding carboxylic acids is 1. The Balaban J connectivity index is 0. The minimum absolute atomic E-state index is 0. The molecule has 0 spiro atoms. The molecule has 0 aliphatic carbocycles. The second-order valence-corrected chi connectivity index (χ2v) is 8.43. The van der Waals surface area contributed by atoms with Gasteiger partial charge in [-0.05, 0) is 39.9 Å². The quantitative estimate of drug-likeness (QED) is 0.229. The van der Waals surface area contributed by atoms with Gasteiger partial charge in [0.2, 0.25) is 5.91 Å². The maximum Gasteiger partial charge on any atom is 0.220 e. The third-order valence-electron chi connectivity index (χ3n) is 5.47. The van der Waals surface area contributed by atoms with Gasteiger partial charge in [0.1, 0.15) is 0 Å². The van der Waals surface area contributed by atoms with Crippen LogP contribution in [0.25, 0.3) is 0 Å². The summed E-state index contributed by atoms with van der Waals surface area (Å²) in [7, 11) is 4.15. The average Bonchev–Trinajstić information content (AvgIpc) is 2.60.